The van der Waals surface area contributed by atoms with E-state index >= 15 is 0 Å². The summed E-state index contributed by atoms with van der Waals surface area (Å²) >= 11 is 0. The molecule has 1 aliphatic rings. The summed E-state index contributed by atoms with van der Waals surface area (Å²) in [5.74, 6) is 0.783. The highest BCUT2D eigenvalue weighted by Crippen LogP contribution is 2.19. The molecule has 0 aliphatic carbocycles. The lowest BCUT2D eigenvalue weighted by Gasteiger charge is -1.98. The van der Waals surface area contributed by atoms with Crippen LogP contribution in [0.5, 0.6) is 5.88 Å². The van der Waals surface area contributed by atoms with Gasteiger partial charge in [0.2, 0.25) is 5.88 Å². The Morgan fingerprint density at radius 1 is 1.69 bits per heavy atom. The Morgan fingerprint density at radius 2 is 2.46 bits per heavy atom. The quantitative estimate of drug-likeness (QED) is 0.640. The maximum Gasteiger partial charge on any atom is 0.212 e. The number of aromatic nitrogens is 2. The summed E-state index contributed by atoms with van der Waals surface area (Å²) in [6.45, 7) is 5.15. The second-order valence-corrected chi connectivity index (χ2v) is 3.46. The van der Waals surface area contributed by atoms with Gasteiger partial charge in [-0.3, -0.25) is 4.79 Å². The van der Waals surface area contributed by atoms with Gasteiger partial charge in [0.25, 0.3) is 0 Å². The van der Waals surface area contributed by atoms with Crippen molar-refractivity contribution in [3.8, 4) is 5.88 Å². The molecule has 0 N–H and O–H groups in total. The number of rotatable bonds is 2. The zero-order chi connectivity index (χ0) is 9.42. The summed E-state index contributed by atoms with van der Waals surface area (Å²) in [7, 11) is 0. The molecule has 0 bridgehead atoms. The third kappa shape index (κ3) is 1.32. The number of nitrogens with zero attached hydrogens (tertiary/aromatic N) is 2. The first-order chi connectivity index (χ1) is 6.18. The Morgan fingerprint density at radius 3 is 3.08 bits per heavy atom. The minimum Gasteiger partial charge on any atom is -0.476 e. The Bertz CT molecular complexity index is 320. The van der Waals surface area contributed by atoms with Crippen LogP contribution in [0.15, 0.2) is 6.07 Å². The molecule has 4 nitrogen and oxygen atoms in total. The second kappa shape index (κ2) is 2.87. The summed E-state index contributed by atoms with van der Waals surface area (Å²) in [5.41, 5.74) is 0.518. The smallest absolute Gasteiger partial charge is 0.212 e. The summed E-state index contributed by atoms with van der Waals surface area (Å²) in [5, 5.41) is 4.15. The van der Waals surface area contributed by atoms with Crippen molar-refractivity contribution < 1.29 is 9.53 Å². The second-order valence-electron chi connectivity index (χ2n) is 3.46. The first-order valence-electron chi connectivity index (χ1n) is 4.43. The van der Waals surface area contributed by atoms with Gasteiger partial charge in [0.1, 0.15) is 12.3 Å². The molecular weight excluding hydrogens is 168 g/mol. The van der Waals surface area contributed by atoms with E-state index in [1.54, 1.807) is 10.7 Å². The van der Waals surface area contributed by atoms with Gasteiger partial charge in [0.05, 0.1) is 6.54 Å². The summed E-state index contributed by atoms with van der Waals surface area (Å²) in [4.78, 5) is 11.5. The predicted molar refractivity (Wildman–Crippen MR) is 46.9 cm³/mol. The fourth-order valence-electron chi connectivity index (χ4n) is 1.33. The normalized spacial score (nSPS) is 14.4. The van der Waals surface area contributed by atoms with Crippen LogP contribution < -0.4 is 4.74 Å². The van der Waals surface area contributed by atoms with E-state index in [9.17, 15) is 4.79 Å². The van der Waals surface area contributed by atoms with E-state index in [0.29, 0.717) is 18.2 Å². The fraction of sp³-hybridized carbons (Fsp3) is 0.556. The molecule has 0 saturated carbocycles. The van der Waals surface area contributed by atoms with Crippen LogP contribution in [0.25, 0.3) is 0 Å². The molecule has 1 aliphatic heterocycles. The van der Waals surface area contributed by atoms with Crippen LogP contribution in [0.3, 0.4) is 0 Å². The number of ketones is 1. The first kappa shape index (κ1) is 8.29. The first-order valence-corrected chi connectivity index (χ1v) is 4.43. The highest BCUT2D eigenvalue weighted by Gasteiger charge is 2.20. The maximum absolute atomic E-state index is 11.5. The molecule has 0 radical (unpaired) electrons. The average molecular weight is 180 g/mol. The lowest BCUT2D eigenvalue weighted by molar-refractivity contribution is 0.0933. The Balaban J connectivity index is 2.28. The highest BCUT2D eigenvalue weighted by atomic mass is 16.5. The third-order valence-corrected chi connectivity index (χ3v) is 2.07. The van der Waals surface area contributed by atoms with Crippen LogP contribution in [-0.2, 0) is 6.54 Å². The molecule has 2 rings (SSSR count). The number of carbonyl (C=O) groups excluding carboxylic acids is 1. The highest BCUT2D eigenvalue weighted by molar-refractivity contribution is 5.95. The van der Waals surface area contributed by atoms with Crippen molar-refractivity contribution in [1.82, 2.24) is 9.78 Å². The van der Waals surface area contributed by atoms with Gasteiger partial charge in [-0.2, -0.15) is 5.10 Å². The standard InChI is InChI=1S/C9H12N2O2/c1-6(2)9(12)7-5-8-11(10-7)3-4-13-8/h5-6H,3-4H2,1-2H3. The van der Waals surface area contributed by atoms with Gasteiger partial charge in [-0.1, -0.05) is 13.8 Å². The molecule has 0 unspecified atom stereocenters. The van der Waals surface area contributed by atoms with Gasteiger partial charge >= 0.3 is 0 Å². The van der Waals surface area contributed by atoms with E-state index in [4.69, 9.17) is 4.74 Å². The topological polar surface area (TPSA) is 44.1 Å². The van der Waals surface area contributed by atoms with Crippen molar-refractivity contribution in [3.63, 3.8) is 0 Å². The van der Waals surface area contributed by atoms with Crippen molar-refractivity contribution in [2.24, 2.45) is 5.92 Å². The van der Waals surface area contributed by atoms with Gasteiger partial charge in [-0.25, -0.2) is 4.68 Å². The Labute approximate surface area is 76.5 Å². The molecule has 2 heterocycles. The van der Waals surface area contributed by atoms with Crippen LogP contribution in [0.2, 0.25) is 0 Å². The molecule has 0 saturated heterocycles. The Kier molecular flexibility index (Phi) is 1.83. The number of hydrogen-bond acceptors (Lipinski definition) is 3. The van der Waals surface area contributed by atoms with Crippen molar-refractivity contribution >= 4 is 5.78 Å². The lowest BCUT2D eigenvalue weighted by atomic mass is 10.1. The third-order valence-electron chi connectivity index (χ3n) is 2.07. The average Bonchev–Trinajstić information content (AvgIpc) is 2.59. The molecular formula is C9H12N2O2. The molecule has 0 atom stereocenters. The molecule has 0 aromatic carbocycles. The number of hydrogen-bond donors (Lipinski definition) is 0. The van der Waals surface area contributed by atoms with Crippen molar-refractivity contribution in [2.75, 3.05) is 6.61 Å². The van der Waals surface area contributed by atoms with Crippen LogP contribution >= 0.6 is 0 Å². The Hall–Kier alpha value is -1.32. The van der Waals surface area contributed by atoms with E-state index in [1.165, 1.54) is 0 Å². The summed E-state index contributed by atoms with van der Waals surface area (Å²) < 4.78 is 6.99. The number of ether oxygens (including phenoxy) is 1. The minimum absolute atomic E-state index is 0.00405. The molecule has 0 spiro atoms. The fourth-order valence-corrected chi connectivity index (χ4v) is 1.33. The monoisotopic (exact) mass is 180 g/mol. The predicted octanol–water partition coefficient (Wildman–Crippen LogP) is 1.11. The van der Waals surface area contributed by atoms with E-state index in [1.807, 2.05) is 13.8 Å². The van der Waals surface area contributed by atoms with Crippen molar-refractivity contribution in [3.05, 3.63) is 11.8 Å². The van der Waals surface area contributed by atoms with Gasteiger partial charge in [-0.15, -0.1) is 0 Å². The van der Waals surface area contributed by atoms with Crippen LogP contribution in [0.1, 0.15) is 24.3 Å². The van der Waals surface area contributed by atoms with Gasteiger partial charge in [0, 0.05) is 12.0 Å². The van der Waals surface area contributed by atoms with E-state index < -0.39 is 0 Å². The van der Waals surface area contributed by atoms with Gasteiger partial charge in [0.15, 0.2) is 5.78 Å². The lowest BCUT2D eigenvalue weighted by Crippen LogP contribution is -2.09. The van der Waals surface area contributed by atoms with E-state index in [0.717, 1.165) is 6.54 Å². The zero-order valence-electron chi connectivity index (χ0n) is 7.78. The summed E-state index contributed by atoms with van der Waals surface area (Å²) in [6, 6.07) is 1.72. The van der Waals surface area contributed by atoms with Crippen LogP contribution in [-0.4, -0.2) is 22.2 Å². The SMILES string of the molecule is CC(C)C(=O)c1cc2n(n1)CCO2. The maximum atomic E-state index is 11.5. The zero-order valence-corrected chi connectivity index (χ0v) is 7.78. The molecule has 4 heteroatoms. The molecule has 0 amide bonds. The van der Waals surface area contributed by atoms with Crippen molar-refractivity contribution in [1.29, 1.82) is 0 Å². The van der Waals surface area contributed by atoms with Gasteiger partial charge < -0.3 is 4.74 Å². The largest absolute Gasteiger partial charge is 0.476 e. The number of carbonyl (C=O) groups is 1. The minimum atomic E-state index is -0.00405. The van der Waals surface area contributed by atoms with Crippen molar-refractivity contribution in [2.45, 2.75) is 20.4 Å². The molecule has 1 aromatic heterocycles. The molecule has 70 valence electrons. The van der Waals surface area contributed by atoms with Gasteiger partial charge in [-0.05, 0) is 0 Å². The van der Waals surface area contributed by atoms with E-state index in [-0.39, 0.29) is 11.7 Å². The molecule has 13 heavy (non-hydrogen) atoms. The summed E-state index contributed by atoms with van der Waals surface area (Å²) in [6.07, 6.45) is 0. The number of fused-ring (bicyclic) bond motifs is 1. The molecule has 1 aromatic rings. The van der Waals surface area contributed by atoms with Crippen LogP contribution in [0, 0.1) is 5.92 Å². The molecule has 0 fully saturated rings. The van der Waals surface area contributed by atoms with Crippen LogP contribution in [0.4, 0.5) is 0 Å². The van der Waals surface area contributed by atoms with E-state index in [2.05, 4.69) is 5.10 Å². The number of Topliss-reactive ketones (excluding diaryl/α,β-unsaturated/α-hetero) is 1.